The first-order chi connectivity index (χ1) is 9.19. The molecule has 0 aliphatic rings. The number of rotatable bonds is 9. The summed E-state index contributed by atoms with van der Waals surface area (Å²) in [6, 6.07) is 0. The Morgan fingerprint density at radius 2 is 2.16 bits per heavy atom. The van der Waals surface area contributed by atoms with E-state index < -0.39 is 5.97 Å². The van der Waals surface area contributed by atoms with Crippen molar-refractivity contribution in [1.82, 2.24) is 9.78 Å². The van der Waals surface area contributed by atoms with Crippen LogP contribution >= 0.6 is 0 Å². The molecule has 0 bridgehead atoms. The first-order valence-electron chi connectivity index (χ1n) is 6.25. The van der Waals surface area contributed by atoms with Gasteiger partial charge in [-0.25, -0.2) is 4.79 Å². The fraction of sp³-hybridized carbons (Fsp3) is 0.667. The monoisotopic (exact) mass is 271 g/mol. The first kappa shape index (κ1) is 15.5. The molecule has 0 aliphatic carbocycles. The number of nitrogens with zero attached hydrogens (tertiary/aromatic N) is 2. The highest BCUT2D eigenvalue weighted by Gasteiger charge is 2.15. The number of carbonyl (C=O) groups excluding carboxylic acids is 1. The van der Waals surface area contributed by atoms with Crippen LogP contribution in [-0.4, -0.2) is 49.3 Å². The van der Waals surface area contributed by atoms with E-state index in [9.17, 15) is 4.79 Å². The summed E-state index contributed by atoms with van der Waals surface area (Å²) in [7, 11) is 1.64. The fourth-order valence-corrected chi connectivity index (χ4v) is 1.43. The van der Waals surface area contributed by atoms with Crippen LogP contribution in [0.1, 0.15) is 23.8 Å². The number of nitrogen functional groups attached to an aromatic ring is 1. The Morgan fingerprint density at radius 3 is 2.79 bits per heavy atom. The van der Waals surface area contributed by atoms with Crippen LogP contribution in [0.3, 0.4) is 0 Å². The lowest BCUT2D eigenvalue weighted by Gasteiger charge is -2.05. The number of aryl methyl sites for hydroxylation is 1. The van der Waals surface area contributed by atoms with Gasteiger partial charge in [0.2, 0.25) is 0 Å². The van der Waals surface area contributed by atoms with E-state index in [1.165, 1.54) is 0 Å². The van der Waals surface area contributed by atoms with E-state index in [1.54, 1.807) is 18.0 Å². The number of hydrogen-bond acceptors (Lipinski definition) is 6. The minimum atomic E-state index is -0.523. The summed E-state index contributed by atoms with van der Waals surface area (Å²) in [4.78, 5) is 11.7. The standard InChI is InChI=1S/C12H21N3O4/c1-3-15-9-10(13)11(14-15)12(16)19-8-7-18-6-4-5-17-2/h9H,3-8,13H2,1-2H3. The van der Waals surface area contributed by atoms with Crippen molar-refractivity contribution in [2.24, 2.45) is 0 Å². The average Bonchev–Trinajstić information content (AvgIpc) is 2.79. The van der Waals surface area contributed by atoms with Gasteiger partial charge in [-0.1, -0.05) is 0 Å². The third kappa shape index (κ3) is 5.27. The number of methoxy groups -OCH3 is 1. The van der Waals surface area contributed by atoms with E-state index in [1.807, 2.05) is 6.92 Å². The molecule has 0 saturated carbocycles. The van der Waals surface area contributed by atoms with Crippen LogP contribution < -0.4 is 5.73 Å². The topological polar surface area (TPSA) is 88.6 Å². The minimum Gasteiger partial charge on any atom is -0.458 e. The van der Waals surface area contributed by atoms with Gasteiger partial charge in [0.25, 0.3) is 0 Å². The second-order valence-electron chi connectivity index (χ2n) is 3.88. The minimum absolute atomic E-state index is 0.154. The van der Waals surface area contributed by atoms with Gasteiger partial charge in [-0.05, 0) is 13.3 Å². The molecule has 0 radical (unpaired) electrons. The Hall–Kier alpha value is -1.60. The van der Waals surface area contributed by atoms with Crippen LogP contribution in [0.15, 0.2) is 6.20 Å². The normalized spacial score (nSPS) is 10.6. The smallest absolute Gasteiger partial charge is 0.361 e. The lowest BCUT2D eigenvalue weighted by molar-refractivity contribution is 0.0283. The van der Waals surface area contributed by atoms with E-state index in [0.717, 1.165) is 6.42 Å². The highest BCUT2D eigenvalue weighted by molar-refractivity contribution is 5.92. The number of nitrogens with two attached hydrogens (primary N) is 1. The maximum absolute atomic E-state index is 11.7. The molecule has 0 spiro atoms. The molecular weight excluding hydrogens is 250 g/mol. The quantitative estimate of drug-likeness (QED) is 0.525. The maximum atomic E-state index is 11.7. The van der Waals surface area contributed by atoms with Crippen LogP contribution in [0.25, 0.3) is 0 Å². The van der Waals surface area contributed by atoms with Crippen molar-refractivity contribution < 1.29 is 19.0 Å². The zero-order chi connectivity index (χ0) is 14.1. The molecule has 1 aromatic rings. The van der Waals surface area contributed by atoms with E-state index in [0.29, 0.717) is 32.1 Å². The van der Waals surface area contributed by atoms with Crippen molar-refractivity contribution >= 4 is 11.7 Å². The predicted molar refractivity (Wildman–Crippen MR) is 69.9 cm³/mol. The molecule has 0 atom stereocenters. The molecule has 19 heavy (non-hydrogen) atoms. The van der Waals surface area contributed by atoms with Gasteiger partial charge in [0.15, 0.2) is 5.69 Å². The number of carbonyl (C=O) groups is 1. The molecule has 0 aliphatic heterocycles. The largest absolute Gasteiger partial charge is 0.458 e. The number of esters is 1. The van der Waals surface area contributed by atoms with Crippen molar-refractivity contribution in [2.45, 2.75) is 19.9 Å². The Bertz CT molecular complexity index is 392. The number of aromatic nitrogens is 2. The first-order valence-corrected chi connectivity index (χ1v) is 6.25. The Morgan fingerprint density at radius 1 is 1.37 bits per heavy atom. The molecule has 108 valence electrons. The molecule has 1 heterocycles. The van der Waals surface area contributed by atoms with E-state index in [-0.39, 0.29) is 12.3 Å². The molecule has 0 aromatic carbocycles. The lowest BCUT2D eigenvalue weighted by Crippen LogP contribution is -2.13. The predicted octanol–water partition coefficient (Wildman–Crippen LogP) is 0.695. The molecule has 2 N–H and O–H groups in total. The summed E-state index contributed by atoms with van der Waals surface area (Å²) in [6.45, 7) is 4.34. The second-order valence-corrected chi connectivity index (χ2v) is 3.88. The van der Waals surface area contributed by atoms with Crippen molar-refractivity contribution in [3.63, 3.8) is 0 Å². The van der Waals surface area contributed by atoms with Crippen molar-refractivity contribution in [3.05, 3.63) is 11.9 Å². The molecule has 0 saturated heterocycles. The van der Waals surface area contributed by atoms with Gasteiger partial charge in [0.05, 0.1) is 12.3 Å². The Kier molecular flexibility index (Phi) is 6.91. The average molecular weight is 271 g/mol. The van der Waals surface area contributed by atoms with Crippen LogP contribution in [-0.2, 0) is 20.8 Å². The molecule has 7 nitrogen and oxygen atoms in total. The Labute approximate surface area is 112 Å². The second kappa shape index (κ2) is 8.49. The van der Waals surface area contributed by atoms with Crippen LogP contribution in [0.4, 0.5) is 5.69 Å². The highest BCUT2D eigenvalue weighted by atomic mass is 16.6. The molecule has 0 unspecified atom stereocenters. The van der Waals surface area contributed by atoms with Gasteiger partial charge in [0, 0.05) is 33.1 Å². The number of anilines is 1. The highest BCUT2D eigenvalue weighted by Crippen LogP contribution is 2.10. The van der Waals surface area contributed by atoms with Gasteiger partial charge < -0.3 is 19.9 Å². The molecule has 7 heteroatoms. The van der Waals surface area contributed by atoms with Crippen LogP contribution in [0, 0.1) is 0 Å². The molecule has 0 fully saturated rings. The molecule has 1 aromatic heterocycles. The summed E-state index contributed by atoms with van der Waals surface area (Å²) in [5.74, 6) is -0.523. The van der Waals surface area contributed by atoms with Gasteiger partial charge in [0.1, 0.15) is 6.61 Å². The summed E-state index contributed by atoms with van der Waals surface area (Å²) in [5.41, 5.74) is 6.15. The van der Waals surface area contributed by atoms with Crippen LogP contribution in [0.2, 0.25) is 0 Å². The molecular formula is C12H21N3O4. The van der Waals surface area contributed by atoms with E-state index >= 15 is 0 Å². The van der Waals surface area contributed by atoms with Crippen molar-refractivity contribution in [1.29, 1.82) is 0 Å². The van der Waals surface area contributed by atoms with Crippen molar-refractivity contribution in [2.75, 3.05) is 39.3 Å². The summed E-state index contributed by atoms with van der Waals surface area (Å²) < 4.78 is 16.8. The Balaban J connectivity index is 2.22. The third-order valence-corrected chi connectivity index (χ3v) is 2.41. The summed E-state index contributed by atoms with van der Waals surface area (Å²) in [5, 5.41) is 4.03. The van der Waals surface area contributed by atoms with Gasteiger partial charge in [-0.3, -0.25) is 4.68 Å². The van der Waals surface area contributed by atoms with E-state index in [2.05, 4.69) is 5.10 Å². The summed E-state index contributed by atoms with van der Waals surface area (Å²) >= 11 is 0. The SMILES string of the molecule is CCn1cc(N)c(C(=O)OCCOCCCOC)n1. The van der Waals surface area contributed by atoms with Crippen molar-refractivity contribution in [3.8, 4) is 0 Å². The van der Waals surface area contributed by atoms with E-state index in [4.69, 9.17) is 19.9 Å². The van der Waals surface area contributed by atoms with Crippen LogP contribution in [0.5, 0.6) is 0 Å². The maximum Gasteiger partial charge on any atom is 0.361 e. The van der Waals surface area contributed by atoms with Gasteiger partial charge in [-0.15, -0.1) is 0 Å². The van der Waals surface area contributed by atoms with Gasteiger partial charge >= 0.3 is 5.97 Å². The number of ether oxygens (including phenoxy) is 3. The zero-order valence-electron chi connectivity index (χ0n) is 11.4. The molecule has 0 amide bonds. The fourth-order valence-electron chi connectivity index (χ4n) is 1.43. The zero-order valence-corrected chi connectivity index (χ0v) is 11.4. The number of hydrogen-bond donors (Lipinski definition) is 1. The third-order valence-electron chi connectivity index (χ3n) is 2.41. The molecule has 1 rings (SSSR count). The van der Waals surface area contributed by atoms with Gasteiger partial charge in [-0.2, -0.15) is 5.10 Å². The lowest BCUT2D eigenvalue weighted by atomic mass is 10.4. The summed E-state index contributed by atoms with van der Waals surface area (Å²) in [6.07, 6.45) is 2.43.